The largest absolute Gasteiger partial charge is 0.350 e. The number of hydrogen-bond acceptors (Lipinski definition) is 6. The van der Waals surface area contributed by atoms with Gasteiger partial charge in [0.15, 0.2) is 5.69 Å². The molecule has 25 heavy (non-hydrogen) atoms. The van der Waals surface area contributed by atoms with Gasteiger partial charge in [-0.2, -0.15) is 5.10 Å². The lowest BCUT2D eigenvalue weighted by Crippen LogP contribution is -2.29. The first-order valence-electron chi connectivity index (χ1n) is 8.21. The van der Waals surface area contributed by atoms with Gasteiger partial charge in [0.1, 0.15) is 5.01 Å². The molecule has 3 N–H and O–H groups in total. The molecule has 0 aliphatic carbocycles. The molecule has 0 spiro atoms. The van der Waals surface area contributed by atoms with Crippen molar-refractivity contribution < 1.29 is 4.79 Å². The predicted molar refractivity (Wildman–Crippen MR) is 95.4 cm³/mol. The van der Waals surface area contributed by atoms with Crippen molar-refractivity contribution in [2.75, 3.05) is 13.1 Å². The maximum atomic E-state index is 12.4. The Balaban J connectivity index is 1.34. The molecule has 0 saturated heterocycles. The third-order valence-electron chi connectivity index (χ3n) is 4.15. The lowest BCUT2D eigenvalue weighted by atomic mass is 10.1. The first kappa shape index (κ1) is 15.9. The molecule has 128 valence electrons. The number of nitrogens with zero attached hydrogens (tertiary/aromatic N) is 3. The molecule has 8 heteroatoms. The molecule has 0 saturated carbocycles. The fourth-order valence-corrected chi connectivity index (χ4v) is 3.71. The number of amides is 1. The van der Waals surface area contributed by atoms with Crippen LogP contribution in [0.2, 0.25) is 0 Å². The van der Waals surface area contributed by atoms with Crippen LogP contribution in [-0.2, 0) is 19.4 Å². The van der Waals surface area contributed by atoms with E-state index >= 15 is 0 Å². The number of nitrogens with one attached hydrogen (secondary N) is 3. The third kappa shape index (κ3) is 3.45. The van der Waals surface area contributed by atoms with E-state index in [2.05, 4.69) is 30.8 Å². The number of H-pyrrole nitrogens is 1. The first-order valence-corrected chi connectivity index (χ1v) is 9.09. The Kier molecular flexibility index (Phi) is 4.53. The number of carbonyl (C=O) groups excluding carboxylic acids is 1. The normalized spacial score (nSPS) is 13.4. The third-order valence-corrected chi connectivity index (χ3v) is 5.09. The summed E-state index contributed by atoms with van der Waals surface area (Å²) in [5.41, 5.74) is 4.54. The summed E-state index contributed by atoms with van der Waals surface area (Å²) in [5.74, 6) is -0.123. The van der Waals surface area contributed by atoms with Crippen LogP contribution in [0.4, 0.5) is 0 Å². The van der Waals surface area contributed by atoms with Gasteiger partial charge in [-0.1, -0.05) is 0 Å². The Bertz CT molecular complexity index is 872. The zero-order chi connectivity index (χ0) is 17.1. The number of fused-ring (bicyclic) bond motifs is 1. The molecule has 0 bridgehead atoms. The highest BCUT2D eigenvalue weighted by Crippen LogP contribution is 2.22. The second kappa shape index (κ2) is 7.12. The first-order chi connectivity index (χ1) is 12.3. The summed E-state index contributed by atoms with van der Waals surface area (Å²) in [4.78, 5) is 21.1. The van der Waals surface area contributed by atoms with Crippen molar-refractivity contribution >= 4 is 17.2 Å². The van der Waals surface area contributed by atoms with Crippen LogP contribution in [0.1, 0.15) is 27.4 Å². The van der Waals surface area contributed by atoms with Crippen LogP contribution in [-0.4, -0.2) is 39.2 Å². The predicted octanol–water partition coefficient (Wildman–Crippen LogP) is 1.55. The van der Waals surface area contributed by atoms with E-state index in [4.69, 9.17) is 0 Å². The quantitative estimate of drug-likeness (QED) is 0.646. The van der Waals surface area contributed by atoms with E-state index < -0.39 is 0 Å². The van der Waals surface area contributed by atoms with E-state index in [0.717, 1.165) is 47.0 Å². The second-order valence-corrected chi connectivity index (χ2v) is 6.71. The smallest absolute Gasteiger partial charge is 0.272 e. The summed E-state index contributed by atoms with van der Waals surface area (Å²) in [6.07, 6.45) is 5.07. The van der Waals surface area contributed by atoms with Gasteiger partial charge in [0.05, 0.1) is 11.4 Å². The van der Waals surface area contributed by atoms with Gasteiger partial charge in [0.25, 0.3) is 5.91 Å². The summed E-state index contributed by atoms with van der Waals surface area (Å²) < 4.78 is 0. The molecule has 4 rings (SSSR count). The molecule has 1 aliphatic rings. The van der Waals surface area contributed by atoms with E-state index in [9.17, 15) is 4.79 Å². The lowest BCUT2D eigenvalue weighted by Gasteiger charge is -2.12. The summed E-state index contributed by atoms with van der Waals surface area (Å²) in [6.45, 7) is 2.16. The SMILES string of the molecule is O=C(NCCc1csc(-c2cccnc2)n1)c1n[nH]c2c1CCNC2. The Labute approximate surface area is 148 Å². The van der Waals surface area contributed by atoms with Gasteiger partial charge in [-0.05, 0) is 25.1 Å². The van der Waals surface area contributed by atoms with E-state index in [1.807, 2.05) is 17.5 Å². The number of aromatic nitrogens is 4. The molecular formula is C17H18N6OS. The van der Waals surface area contributed by atoms with Crippen LogP contribution in [0, 0.1) is 0 Å². The maximum Gasteiger partial charge on any atom is 0.272 e. The average molecular weight is 354 g/mol. The zero-order valence-corrected chi connectivity index (χ0v) is 14.4. The Morgan fingerprint density at radius 3 is 3.24 bits per heavy atom. The number of thiazole rings is 1. The standard InChI is InChI=1S/C17H18N6OS/c24-16(15-13-4-6-19-9-14(13)22-23-15)20-7-3-12-10-25-17(21-12)11-2-1-5-18-8-11/h1-2,5,8,10,19H,3-4,6-7,9H2,(H,20,24)(H,22,23). The molecule has 0 atom stereocenters. The second-order valence-electron chi connectivity index (χ2n) is 5.85. The fraction of sp³-hybridized carbons (Fsp3) is 0.294. The minimum atomic E-state index is -0.123. The molecule has 0 unspecified atom stereocenters. The molecule has 0 fully saturated rings. The topological polar surface area (TPSA) is 95.6 Å². The molecule has 3 aromatic heterocycles. The number of aromatic amines is 1. The number of carbonyl (C=O) groups is 1. The highest BCUT2D eigenvalue weighted by molar-refractivity contribution is 7.13. The average Bonchev–Trinajstić information content (AvgIpc) is 3.29. The maximum absolute atomic E-state index is 12.4. The minimum Gasteiger partial charge on any atom is -0.350 e. The molecule has 0 aromatic carbocycles. The highest BCUT2D eigenvalue weighted by Gasteiger charge is 2.21. The minimum absolute atomic E-state index is 0.123. The summed E-state index contributed by atoms with van der Waals surface area (Å²) in [5, 5.41) is 16.3. The van der Waals surface area contributed by atoms with Crippen molar-refractivity contribution in [1.82, 2.24) is 30.8 Å². The van der Waals surface area contributed by atoms with Crippen LogP contribution in [0.5, 0.6) is 0 Å². The van der Waals surface area contributed by atoms with E-state index in [0.29, 0.717) is 18.7 Å². The molecule has 7 nitrogen and oxygen atoms in total. The van der Waals surface area contributed by atoms with Crippen molar-refractivity contribution in [2.45, 2.75) is 19.4 Å². The van der Waals surface area contributed by atoms with Gasteiger partial charge in [-0.25, -0.2) is 4.98 Å². The van der Waals surface area contributed by atoms with Gasteiger partial charge in [0.2, 0.25) is 0 Å². The molecular weight excluding hydrogens is 336 g/mol. The van der Waals surface area contributed by atoms with Gasteiger partial charge >= 0.3 is 0 Å². The Hall–Kier alpha value is -2.58. The van der Waals surface area contributed by atoms with Gasteiger partial charge in [-0.3, -0.25) is 14.9 Å². The molecule has 0 radical (unpaired) electrons. The summed E-state index contributed by atoms with van der Waals surface area (Å²) in [6, 6.07) is 3.89. The lowest BCUT2D eigenvalue weighted by molar-refractivity contribution is 0.0948. The number of hydrogen-bond donors (Lipinski definition) is 3. The molecule has 4 heterocycles. The number of rotatable bonds is 5. The molecule has 1 aliphatic heterocycles. The van der Waals surface area contributed by atoms with Crippen molar-refractivity contribution in [3.05, 3.63) is 52.6 Å². The molecule has 3 aromatic rings. The van der Waals surface area contributed by atoms with Gasteiger partial charge in [-0.15, -0.1) is 11.3 Å². The van der Waals surface area contributed by atoms with Gasteiger partial charge < -0.3 is 10.6 Å². The van der Waals surface area contributed by atoms with E-state index in [-0.39, 0.29) is 5.91 Å². The van der Waals surface area contributed by atoms with Crippen LogP contribution in [0.25, 0.3) is 10.6 Å². The summed E-state index contributed by atoms with van der Waals surface area (Å²) in [7, 11) is 0. The van der Waals surface area contributed by atoms with Crippen molar-refractivity contribution in [1.29, 1.82) is 0 Å². The fourth-order valence-electron chi connectivity index (χ4n) is 2.86. The van der Waals surface area contributed by atoms with Crippen LogP contribution in [0.15, 0.2) is 29.9 Å². The van der Waals surface area contributed by atoms with E-state index in [1.165, 1.54) is 0 Å². The Morgan fingerprint density at radius 2 is 2.36 bits per heavy atom. The Morgan fingerprint density at radius 1 is 1.40 bits per heavy atom. The highest BCUT2D eigenvalue weighted by atomic mass is 32.1. The summed E-state index contributed by atoms with van der Waals surface area (Å²) >= 11 is 1.59. The van der Waals surface area contributed by atoms with Crippen molar-refractivity contribution in [3.63, 3.8) is 0 Å². The van der Waals surface area contributed by atoms with Crippen molar-refractivity contribution in [3.8, 4) is 10.6 Å². The number of pyridine rings is 1. The van der Waals surface area contributed by atoms with E-state index in [1.54, 1.807) is 23.7 Å². The van der Waals surface area contributed by atoms with Crippen LogP contribution < -0.4 is 10.6 Å². The zero-order valence-electron chi connectivity index (χ0n) is 13.6. The van der Waals surface area contributed by atoms with Gasteiger partial charge in [0, 0.05) is 48.4 Å². The van der Waals surface area contributed by atoms with Crippen LogP contribution in [0.3, 0.4) is 0 Å². The molecule has 1 amide bonds. The monoisotopic (exact) mass is 354 g/mol. The van der Waals surface area contributed by atoms with Crippen molar-refractivity contribution in [2.24, 2.45) is 0 Å². The van der Waals surface area contributed by atoms with Crippen LogP contribution >= 0.6 is 11.3 Å².